The number of methoxy groups -OCH3 is 3. The zero-order valence-electron chi connectivity index (χ0n) is 15.5. The molecule has 0 spiro atoms. The monoisotopic (exact) mass is 384 g/mol. The summed E-state index contributed by atoms with van der Waals surface area (Å²) in [5.41, 5.74) is 3.16. The van der Waals surface area contributed by atoms with Gasteiger partial charge in [-0.3, -0.25) is 10.1 Å². The third kappa shape index (κ3) is 3.88. The molecule has 0 aliphatic heterocycles. The van der Waals surface area contributed by atoms with Gasteiger partial charge in [-0.25, -0.2) is 4.98 Å². The fourth-order valence-corrected chi connectivity index (χ4v) is 3.45. The Labute approximate surface area is 161 Å². The fourth-order valence-electron chi connectivity index (χ4n) is 2.73. The van der Waals surface area contributed by atoms with Crippen molar-refractivity contribution in [1.29, 1.82) is 0 Å². The van der Waals surface area contributed by atoms with E-state index in [0.717, 1.165) is 22.6 Å². The third-order valence-corrected chi connectivity index (χ3v) is 4.82. The summed E-state index contributed by atoms with van der Waals surface area (Å²) in [5, 5.41) is 5.23. The average Bonchev–Trinajstić information content (AvgIpc) is 3.15. The molecule has 7 heteroatoms. The molecule has 1 aromatic heterocycles. The van der Waals surface area contributed by atoms with E-state index in [0.29, 0.717) is 22.2 Å². The van der Waals surface area contributed by atoms with Crippen LogP contribution in [-0.4, -0.2) is 32.2 Å². The summed E-state index contributed by atoms with van der Waals surface area (Å²) in [6.45, 7) is 1.98. The molecule has 0 saturated carbocycles. The number of anilines is 1. The van der Waals surface area contributed by atoms with E-state index in [4.69, 9.17) is 14.2 Å². The van der Waals surface area contributed by atoms with Gasteiger partial charge >= 0.3 is 0 Å². The molecule has 1 heterocycles. The standard InChI is InChI=1S/C20H20N2O4S/c1-12-10-13(8-9-16(12)24-2)15-11-27-20(21-15)22-19(23)14-6-5-7-17(25-3)18(14)26-4/h5-11H,1-4H3,(H,21,22,23). The largest absolute Gasteiger partial charge is 0.496 e. The van der Waals surface area contributed by atoms with E-state index in [1.54, 1.807) is 25.3 Å². The molecule has 6 nitrogen and oxygen atoms in total. The van der Waals surface area contributed by atoms with Crippen molar-refractivity contribution in [3.63, 3.8) is 0 Å². The summed E-state index contributed by atoms with van der Waals surface area (Å²) >= 11 is 1.36. The van der Waals surface area contributed by atoms with Crippen molar-refractivity contribution in [3.8, 4) is 28.5 Å². The van der Waals surface area contributed by atoms with Crippen LogP contribution in [0, 0.1) is 6.92 Å². The van der Waals surface area contributed by atoms with Gasteiger partial charge in [-0.05, 0) is 42.8 Å². The SMILES string of the molecule is COc1ccc(-c2csc(NC(=O)c3cccc(OC)c3OC)n2)cc1C. The molecule has 0 saturated heterocycles. The lowest BCUT2D eigenvalue weighted by Gasteiger charge is -2.11. The number of thiazole rings is 1. The molecule has 1 N–H and O–H groups in total. The third-order valence-electron chi connectivity index (χ3n) is 4.06. The Morgan fingerprint density at radius 1 is 1.04 bits per heavy atom. The van der Waals surface area contributed by atoms with Crippen LogP contribution in [0.3, 0.4) is 0 Å². The molecule has 0 atom stereocenters. The lowest BCUT2D eigenvalue weighted by molar-refractivity contribution is 0.102. The Bertz CT molecular complexity index is 968. The number of carbonyl (C=O) groups excluding carboxylic acids is 1. The van der Waals surface area contributed by atoms with Crippen LogP contribution >= 0.6 is 11.3 Å². The second kappa shape index (κ2) is 8.09. The van der Waals surface area contributed by atoms with Gasteiger partial charge in [0.15, 0.2) is 16.6 Å². The molecule has 2 aromatic carbocycles. The summed E-state index contributed by atoms with van der Waals surface area (Å²) in [5.74, 6) is 1.41. The Hall–Kier alpha value is -3.06. The van der Waals surface area contributed by atoms with E-state index in [2.05, 4.69) is 10.3 Å². The van der Waals surface area contributed by atoms with Crippen LogP contribution in [-0.2, 0) is 0 Å². The maximum absolute atomic E-state index is 12.6. The summed E-state index contributed by atoms with van der Waals surface area (Å²) in [6, 6.07) is 11.0. The topological polar surface area (TPSA) is 69.7 Å². The average molecular weight is 384 g/mol. The first-order chi connectivity index (χ1) is 13.1. The van der Waals surface area contributed by atoms with Crippen molar-refractivity contribution in [1.82, 2.24) is 4.98 Å². The summed E-state index contributed by atoms with van der Waals surface area (Å²) in [6.07, 6.45) is 0. The van der Waals surface area contributed by atoms with E-state index in [9.17, 15) is 4.79 Å². The van der Waals surface area contributed by atoms with Crippen molar-refractivity contribution in [2.24, 2.45) is 0 Å². The molecule has 27 heavy (non-hydrogen) atoms. The zero-order chi connectivity index (χ0) is 19.4. The van der Waals surface area contributed by atoms with Crippen molar-refractivity contribution >= 4 is 22.4 Å². The minimum Gasteiger partial charge on any atom is -0.496 e. The number of carbonyl (C=O) groups is 1. The van der Waals surface area contributed by atoms with Crippen LogP contribution in [0.1, 0.15) is 15.9 Å². The highest BCUT2D eigenvalue weighted by Gasteiger charge is 2.18. The first-order valence-electron chi connectivity index (χ1n) is 8.20. The van der Waals surface area contributed by atoms with Gasteiger partial charge in [0.2, 0.25) is 0 Å². The highest BCUT2D eigenvalue weighted by Crippen LogP contribution is 2.32. The lowest BCUT2D eigenvalue weighted by Crippen LogP contribution is -2.13. The predicted molar refractivity (Wildman–Crippen MR) is 106 cm³/mol. The van der Waals surface area contributed by atoms with E-state index in [-0.39, 0.29) is 5.91 Å². The number of amides is 1. The first-order valence-corrected chi connectivity index (χ1v) is 9.08. The number of aryl methyl sites for hydroxylation is 1. The number of para-hydroxylation sites is 1. The number of ether oxygens (including phenoxy) is 3. The molecule has 1 amide bonds. The van der Waals surface area contributed by atoms with E-state index < -0.39 is 0 Å². The van der Waals surface area contributed by atoms with Crippen molar-refractivity contribution < 1.29 is 19.0 Å². The first kappa shape index (κ1) is 18.7. The van der Waals surface area contributed by atoms with Crippen molar-refractivity contribution in [2.75, 3.05) is 26.6 Å². The molecule has 0 aliphatic rings. The highest BCUT2D eigenvalue weighted by atomic mass is 32.1. The minimum absolute atomic E-state index is 0.308. The predicted octanol–water partition coefficient (Wildman–Crippen LogP) is 4.40. The molecule has 0 radical (unpaired) electrons. The Morgan fingerprint density at radius 3 is 2.48 bits per heavy atom. The van der Waals surface area contributed by atoms with E-state index in [1.165, 1.54) is 25.6 Å². The number of aromatic nitrogens is 1. The quantitative estimate of drug-likeness (QED) is 0.682. The van der Waals surface area contributed by atoms with Gasteiger partial charge in [0.25, 0.3) is 5.91 Å². The molecule has 0 fully saturated rings. The number of rotatable bonds is 6. The van der Waals surface area contributed by atoms with Gasteiger partial charge in [0, 0.05) is 10.9 Å². The van der Waals surface area contributed by atoms with Gasteiger partial charge in [-0.15, -0.1) is 11.3 Å². The van der Waals surface area contributed by atoms with Gasteiger partial charge in [0.1, 0.15) is 5.75 Å². The van der Waals surface area contributed by atoms with E-state index >= 15 is 0 Å². The zero-order valence-corrected chi connectivity index (χ0v) is 16.3. The van der Waals surface area contributed by atoms with Crippen molar-refractivity contribution in [3.05, 3.63) is 52.9 Å². The number of hydrogen-bond acceptors (Lipinski definition) is 6. The molecular weight excluding hydrogens is 364 g/mol. The Balaban J connectivity index is 1.82. The van der Waals surface area contributed by atoms with Crippen LogP contribution < -0.4 is 19.5 Å². The second-order valence-corrected chi connectivity index (χ2v) is 6.58. The Kier molecular flexibility index (Phi) is 5.61. The summed E-state index contributed by atoms with van der Waals surface area (Å²) < 4.78 is 15.8. The number of hydrogen-bond donors (Lipinski definition) is 1. The van der Waals surface area contributed by atoms with Crippen LogP contribution in [0.5, 0.6) is 17.2 Å². The molecule has 0 aliphatic carbocycles. The van der Waals surface area contributed by atoms with Gasteiger partial charge in [-0.2, -0.15) is 0 Å². The summed E-state index contributed by atoms with van der Waals surface area (Å²) in [4.78, 5) is 17.2. The lowest BCUT2D eigenvalue weighted by atomic mass is 10.1. The van der Waals surface area contributed by atoms with E-state index in [1.807, 2.05) is 30.5 Å². The van der Waals surface area contributed by atoms with Crippen LogP contribution in [0.15, 0.2) is 41.8 Å². The summed E-state index contributed by atoms with van der Waals surface area (Å²) in [7, 11) is 4.68. The molecular formula is C20H20N2O4S. The normalized spacial score (nSPS) is 10.4. The molecule has 3 aromatic rings. The smallest absolute Gasteiger partial charge is 0.261 e. The van der Waals surface area contributed by atoms with Crippen LogP contribution in [0.2, 0.25) is 0 Å². The molecule has 0 bridgehead atoms. The van der Waals surface area contributed by atoms with Crippen LogP contribution in [0.4, 0.5) is 5.13 Å². The maximum Gasteiger partial charge on any atom is 0.261 e. The van der Waals surface area contributed by atoms with Crippen LogP contribution in [0.25, 0.3) is 11.3 Å². The molecule has 140 valence electrons. The van der Waals surface area contributed by atoms with Gasteiger partial charge in [0.05, 0.1) is 32.6 Å². The fraction of sp³-hybridized carbons (Fsp3) is 0.200. The number of nitrogens with one attached hydrogen (secondary N) is 1. The Morgan fingerprint density at radius 2 is 1.81 bits per heavy atom. The highest BCUT2D eigenvalue weighted by molar-refractivity contribution is 7.14. The number of benzene rings is 2. The minimum atomic E-state index is -0.308. The van der Waals surface area contributed by atoms with Gasteiger partial charge < -0.3 is 14.2 Å². The second-order valence-electron chi connectivity index (χ2n) is 5.72. The number of nitrogens with zero attached hydrogens (tertiary/aromatic N) is 1. The van der Waals surface area contributed by atoms with Gasteiger partial charge in [-0.1, -0.05) is 6.07 Å². The maximum atomic E-state index is 12.6. The molecule has 0 unspecified atom stereocenters. The molecule has 3 rings (SSSR count). The van der Waals surface area contributed by atoms with Crippen molar-refractivity contribution in [2.45, 2.75) is 6.92 Å².